The highest BCUT2D eigenvalue weighted by Gasteiger charge is 2.36. The number of hydrogen-bond donors (Lipinski definition) is 3. The second kappa shape index (κ2) is 9.57. The molecule has 166 valence electrons. The molecule has 2 rings (SSSR count). The fourth-order valence-electron chi connectivity index (χ4n) is 2.79. The van der Waals surface area contributed by atoms with Crippen molar-refractivity contribution in [3.8, 4) is 6.07 Å². The summed E-state index contributed by atoms with van der Waals surface area (Å²) in [7, 11) is -3.91. The number of guanidine groups is 1. The van der Waals surface area contributed by atoms with Crippen molar-refractivity contribution in [1.29, 1.82) is 5.26 Å². The van der Waals surface area contributed by atoms with Crippen LogP contribution in [0.3, 0.4) is 0 Å². The molecule has 2 aromatic rings. The van der Waals surface area contributed by atoms with E-state index in [4.69, 9.17) is 21.6 Å². The van der Waals surface area contributed by atoms with E-state index in [0.29, 0.717) is 0 Å². The molecule has 0 bridgehead atoms. The molecule has 5 N–H and O–H groups in total. The Morgan fingerprint density at radius 3 is 2.58 bits per heavy atom. The number of alkyl halides is 2. The Bertz CT molecular complexity index is 1130. The van der Waals surface area contributed by atoms with Crippen molar-refractivity contribution in [3.05, 3.63) is 58.9 Å². The molecular formula is C19H20F3N5O3S. The molecule has 0 amide bonds. The van der Waals surface area contributed by atoms with Gasteiger partial charge in [0.15, 0.2) is 9.84 Å². The van der Waals surface area contributed by atoms with Crippen molar-refractivity contribution >= 4 is 21.5 Å². The number of halogens is 3. The molecule has 0 heterocycles. The van der Waals surface area contributed by atoms with Crippen LogP contribution in [0.15, 0.2) is 46.4 Å². The van der Waals surface area contributed by atoms with Gasteiger partial charge >= 0.3 is 0 Å². The van der Waals surface area contributed by atoms with Crippen LogP contribution < -0.4 is 16.8 Å². The number of sulfone groups is 1. The fourth-order valence-corrected chi connectivity index (χ4v) is 3.73. The maximum Gasteiger partial charge on any atom is 0.291 e. The van der Waals surface area contributed by atoms with Crippen LogP contribution in [0.1, 0.15) is 16.7 Å². The molecule has 8 nitrogen and oxygen atoms in total. The number of nitriles is 1. The zero-order chi connectivity index (χ0) is 23.2. The van der Waals surface area contributed by atoms with Crippen LogP contribution in [0, 0.1) is 17.1 Å². The van der Waals surface area contributed by atoms with E-state index >= 15 is 0 Å². The molecule has 2 aromatic carbocycles. The number of rotatable bonds is 9. The third-order valence-corrected chi connectivity index (χ3v) is 5.26. The average Bonchev–Trinajstić information content (AvgIpc) is 2.69. The number of benzene rings is 2. The maximum atomic E-state index is 14.9. The van der Waals surface area contributed by atoms with E-state index in [9.17, 15) is 21.6 Å². The predicted molar refractivity (Wildman–Crippen MR) is 109 cm³/mol. The summed E-state index contributed by atoms with van der Waals surface area (Å²) in [5.41, 5.74) is 9.42. The van der Waals surface area contributed by atoms with Crippen LogP contribution in [-0.4, -0.2) is 33.8 Å². The lowest BCUT2D eigenvalue weighted by Crippen LogP contribution is -2.27. The summed E-state index contributed by atoms with van der Waals surface area (Å²) in [5, 5.41) is 14.7. The summed E-state index contributed by atoms with van der Waals surface area (Å²) in [5.74, 6) is -4.91. The molecule has 31 heavy (non-hydrogen) atoms. The van der Waals surface area contributed by atoms with Gasteiger partial charge in [-0.25, -0.2) is 12.8 Å². The SMILES string of the molecule is CS(=O)(=O)c1ccccc1C(F)(F)CNc1c(F)cc(C#N)cc1CCON=C(N)N. The molecule has 0 saturated heterocycles. The minimum Gasteiger partial charge on any atom is -0.393 e. The topological polar surface area (TPSA) is 144 Å². The summed E-state index contributed by atoms with van der Waals surface area (Å²) in [4.78, 5) is 4.30. The second-order valence-corrected chi connectivity index (χ2v) is 8.51. The Hall–Kier alpha value is -3.46. The first kappa shape index (κ1) is 23.8. The van der Waals surface area contributed by atoms with E-state index < -0.39 is 38.6 Å². The van der Waals surface area contributed by atoms with Crippen molar-refractivity contribution in [2.75, 3.05) is 24.7 Å². The smallest absolute Gasteiger partial charge is 0.291 e. The first-order valence-electron chi connectivity index (χ1n) is 8.80. The molecule has 0 saturated carbocycles. The van der Waals surface area contributed by atoms with Crippen molar-refractivity contribution in [1.82, 2.24) is 0 Å². The van der Waals surface area contributed by atoms with Crippen LogP contribution >= 0.6 is 0 Å². The third-order valence-electron chi connectivity index (χ3n) is 4.10. The Morgan fingerprint density at radius 2 is 1.97 bits per heavy atom. The number of nitrogens with zero attached hydrogens (tertiary/aromatic N) is 2. The van der Waals surface area contributed by atoms with Gasteiger partial charge in [-0.1, -0.05) is 18.2 Å². The zero-order valence-corrected chi connectivity index (χ0v) is 17.2. The third kappa shape index (κ3) is 6.26. The van der Waals surface area contributed by atoms with Gasteiger partial charge in [0.25, 0.3) is 5.92 Å². The van der Waals surface area contributed by atoms with Crippen LogP contribution in [-0.2, 0) is 27.0 Å². The van der Waals surface area contributed by atoms with E-state index in [-0.39, 0.29) is 35.8 Å². The lowest BCUT2D eigenvalue weighted by molar-refractivity contribution is 0.00758. The number of nitrogens with two attached hydrogens (primary N) is 2. The van der Waals surface area contributed by atoms with Crippen molar-refractivity contribution in [2.24, 2.45) is 16.6 Å². The van der Waals surface area contributed by atoms with E-state index in [1.807, 2.05) is 0 Å². The minimum atomic E-state index is -3.91. The molecule has 0 atom stereocenters. The van der Waals surface area contributed by atoms with Crippen LogP contribution in [0.5, 0.6) is 0 Å². The highest BCUT2D eigenvalue weighted by Crippen LogP contribution is 2.34. The predicted octanol–water partition coefficient (Wildman–Crippen LogP) is 2.05. The van der Waals surface area contributed by atoms with Crippen LogP contribution in [0.4, 0.5) is 18.9 Å². The van der Waals surface area contributed by atoms with E-state index in [1.165, 1.54) is 18.2 Å². The van der Waals surface area contributed by atoms with Gasteiger partial charge in [-0.3, -0.25) is 0 Å². The summed E-state index contributed by atoms with van der Waals surface area (Å²) < 4.78 is 68.0. The standard InChI is InChI=1S/C19H20F3N5O3S/c1-31(28,29)16-5-3-2-4-14(16)19(21,22)11-26-17-13(6-7-30-27-18(24)25)8-12(10-23)9-15(17)20/h2-5,8-9,26H,6-7,11H2,1H3,(H4,24,25,27). The second-order valence-electron chi connectivity index (χ2n) is 6.53. The number of nitrogens with one attached hydrogen (secondary N) is 1. The zero-order valence-electron chi connectivity index (χ0n) is 16.4. The highest BCUT2D eigenvalue weighted by atomic mass is 32.2. The normalized spacial score (nSPS) is 11.5. The molecule has 0 aliphatic heterocycles. The van der Waals surface area contributed by atoms with Crippen LogP contribution in [0.2, 0.25) is 0 Å². The summed E-state index contributed by atoms with van der Waals surface area (Å²) >= 11 is 0. The first-order valence-corrected chi connectivity index (χ1v) is 10.7. The lowest BCUT2D eigenvalue weighted by Gasteiger charge is -2.22. The average molecular weight is 455 g/mol. The van der Waals surface area contributed by atoms with Crippen molar-refractivity contribution in [2.45, 2.75) is 17.2 Å². The lowest BCUT2D eigenvalue weighted by atomic mass is 10.0. The maximum absolute atomic E-state index is 14.9. The van der Waals surface area contributed by atoms with Gasteiger partial charge in [0.2, 0.25) is 5.96 Å². The molecule has 0 spiro atoms. The Kier molecular flexibility index (Phi) is 7.35. The minimum absolute atomic E-state index is 0.00293. The van der Waals surface area contributed by atoms with Gasteiger partial charge in [-0.15, -0.1) is 0 Å². The van der Waals surface area contributed by atoms with Gasteiger partial charge in [-0.2, -0.15) is 14.0 Å². The van der Waals surface area contributed by atoms with E-state index in [1.54, 1.807) is 6.07 Å². The van der Waals surface area contributed by atoms with Crippen molar-refractivity contribution in [3.63, 3.8) is 0 Å². The van der Waals surface area contributed by atoms with Gasteiger partial charge < -0.3 is 21.6 Å². The Labute approximate surface area is 177 Å². The molecule has 0 aromatic heterocycles. The molecule has 0 radical (unpaired) electrons. The van der Waals surface area contributed by atoms with E-state index in [2.05, 4.69) is 10.5 Å². The Morgan fingerprint density at radius 1 is 1.29 bits per heavy atom. The van der Waals surface area contributed by atoms with Crippen LogP contribution in [0.25, 0.3) is 0 Å². The number of oxime groups is 1. The van der Waals surface area contributed by atoms with Gasteiger partial charge in [-0.05, 0) is 28.9 Å². The molecule has 0 aliphatic rings. The van der Waals surface area contributed by atoms with Gasteiger partial charge in [0.1, 0.15) is 12.4 Å². The summed E-state index contributed by atoms with van der Waals surface area (Å²) in [6, 6.07) is 8.67. The number of anilines is 1. The fraction of sp³-hybridized carbons (Fsp3) is 0.263. The number of hydrogen-bond acceptors (Lipinski definition) is 6. The van der Waals surface area contributed by atoms with Crippen molar-refractivity contribution < 1.29 is 26.4 Å². The highest BCUT2D eigenvalue weighted by molar-refractivity contribution is 7.90. The molecular weight excluding hydrogens is 435 g/mol. The molecule has 0 aliphatic carbocycles. The monoisotopic (exact) mass is 455 g/mol. The summed E-state index contributed by atoms with van der Waals surface area (Å²) in [6.45, 7) is -1.21. The van der Waals surface area contributed by atoms with Gasteiger partial charge in [0, 0.05) is 18.2 Å². The molecule has 12 heteroatoms. The van der Waals surface area contributed by atoms with E-state index in [0.717, 1.165) is 24.5 Å². The molecule has 0 fully saturated rings. The largest absolute Gasteiger partial charge is 0.393 e. The van der Waals surface area contributed by atoms with Gasteiger partial charge in [0.05, 0.1) is 28.8 Å². The summed E-state index contributed by atoms with van der Waals surface area (Å²) in [6.07, 6.45) is 0.821. The molecule has 0 unspecified atom stereocenters. The Balaban J connectivity index is 2.32. The quantitative estimate of drug-likeness (QED) is 0.227. The first-order chi connectivity index (χ1) is 14.5.